The second kappa shape index (κ2) is 5.61. The molecule has 0 saturated heterocycles. The van der Waals surface area contributed by atoms with Crippen molar-refractivity contribution in [2.24, 2.45) is 0 Å². The van der Waals surface area contributed by atoms with E-state index in [0.717, 1.165) is 14.7 Å². The second-order valence-electron chi connectivity index (χ2n) is 4.64. The Labute approximate surface area is 135 Å². The summed E-state index contributed by atoms with van der Waals surface area (Å²) in [5.41, 5.74) is 1.94. The molecule has 0 radical (unpaired) electrons. The van der Waals surface area contributed by atoms with Gasteiger partial charge in [0.15, 0.2) is 5.82 Å². The van der Waals surface area contributed by atoms with Crippen LogP contribution in [0.25, 0.3) is 11.4 Å². The molecule has 0 aliphatic heterocycles. The lowest BCUT2D eigenvalue weighted by Crippen LogP contribution is -2.10. The third kappa shape index (κ3) is 2.84. The average Bonchev–Trinajstić information content (AvgIpc) is 2.77. The van der Waals surface area contributed by atoms with Crippen molar-refractivity contribution in [2.45, 2.75) is 32.0 Å². The Kier molecular flexibility index (Phi) is 4.41. The minimum Gasteiger partial charge on any atom is -0.294 e. The summed E-state index contributed by atoms with van der Waals surface area (Å²) in [5, 5.41) is 7.55. The van der Waals surface area contributed by atoms with Crippen molar-refractivity contribution in [1.29, 1.82) is 0 Å². The minimum atomic E-state index is -3.93. The van der Waals surface area contributed by atoms with Crippen molar-refractivity contribution in [2.75, 3.05) is 0 Å². The summed E-state index contributed by atoms with van der Waals surface area (Å²) in [6.45, 7) is 5.71. The van der Waals surface area contributed by atoms with Crippen molar-refractivity contribution >= 4 is 42.3 Å². The van der Waals surface area contributed by atoms with Crippen molar-refractivity contribution in [3.8, 4) is 11.4 Å². The van der Waals surface area contributed by atoms with E-state index in [0.29, 0.717) is 5.82 Å². The highest BCUT2D eigenvalue weighted by molar-refractivity contribution is 14.1. The van der Waals surface area contributed by atoms with E-state index in [2.05, 4.69) is 32.8 Å². The first kappa shape index (κ1) is 15.7. The molecule has 0 amide bonds. The Balaban J connectivity index is 2.76. The molecule has 0 aliphatic carbocycles. The SMILES string of the molecule is Cc1cccc(-c2nnc(S(=O)(=O)Cl)n2C(C)C)c1I. The molecule has 0 unspecified atom stereocenters. The number of benzene rings is 1. The second-order valence-corrected chi connectivity index (χ2v) is 8.18. The van der Waals surface area contributed by atoms with Gasteiger partial charge in [0.05, 0.1) is 0 Å². The van der Waals surface area contributed by atoms with Crippen LogP contribution in [0.5, 0.6) is 0 Å². The van der Waals surface area contributed by atoms with Crippen LogP contribution in [0.1, 0.15) is 25.5 Å². The fraction of sp³-hybridized carbons (Fsp3) is 0.333. The fourth-order valence-electron chi connectivity index (χ4n) is 1.91. The Bertz CT molecular complexity index is 756. The van der Waals surface area contributed by atoms with Crippen LogP contribution < -0.4 is 0 Å². The molecule has 8 heteroatoms. The molecule has 0 atom stereocenters. The molecular formula is C12H13ClIN3O2S. The molecule has 5 nitrogen and oxygen atoms in total. The molecule has 0 spiro atoms. The van der Waals surface area contributed by atoms with E-state index < -0.39 is 9.05 Å². The summed E-state index contributed by atoms with van der Waals surface area (Å²) in [4.78, 5) is 0. The first-order valence-electron chi connectivity index (χ1n) is 5.88. The number of rotatable bonds is 3. The number of hydrogen-bond donors (Lipinski definition) is 0. The molecule has 0 N–H and O–H groups in total. The molecule has 1 aromatic heterocycles. The van der Waals surface area contributed by atoms with Crippen LogP contribution in [-0.2, 0) is 9.05 Å². The number of halogens is 2. The topological polar surface area (TPSA) is 64.8 Å². The predicted octanol–water partition coefficient (Wildman–Crippen LogP) is 3.37. The van der Waals surface area contributed by atoms with Gasteiger partial charge in [0.25, 0.3) is 14.2 Å². The van der Waals surface area contributed by atoms with E-state index in [-0.39, 0.29) is 11.2 Å². The maximum absolute atomic E-state index is 11.6. The van der Waals surface area contributed by atoms with Crippen molar-refractivity contribution < 1.29 is 8.42 Å². The van der Waals surface area contributed by atoms with Gasteiger partial charge in [-0.05, 0) is 48.9 Å². The van der Waals surface area contributed by atoms with Gasteiger partial charge in [0.1, 0.15) is 0 Å². The van der Waals surface area contributed by atoms with Gasteiger partial charge in [-0.15, -0.1) is 10.2 Å². The standard InChI is InChI=1S/C12H13ClIN3O2S/c1-7(2)17-11(15-16-12(17)20(13,18)19)9-6-4-5-8(3)10(9)14/h4-7H,1-3H3. The van der Waals surface area contributed by atoms with E-state index in [1.807, 2.05) is 39.0 Å². The summed E-state index contributed by atoms with van der Waals surface area (Å²) >= 11 is 2.22. The highest BCUT2D eigenvalue weighted by Gasteiger charge is 2.25. The Morgan fingerprint density at radius 2 is 1.95 bits per heavy atom. The zero-order valence-electron chi connectivity index (χ0n) is 11.1. The smallest absolute Gasteiger partial charge is 0.294 e. The van der Waals surface area contributed by atoms with Crippen LogP contribution >= 0.6 is 33.3 Å². The van der Waals surface area contributed by atoms with Crippen LogP contribution in [-0.4, -0.2) is 23.2 Å². The molecule has 2 aromatic rings. The highest BCUT2D eigenvalue weighted by Crippen LogP contribution is 2.30. The van der Waals surface area contributed by atoms with Gasteiger partial charge in [0, 0.05) is 25.9 Å². The number of aryl methyl sites for hydroxylation is 1. The summed E-state index contributed by atoms with van der Waals surface area (Å²) in [6.07, 6.45) is 0. The lowest BCUT2D eigenvalue weighted by atomic mass is 10.1. The molecule has 0 saturated carbocycles. The van der Waals surface area contributed by atoms with Gasteiger partial charge in [0.2, 0.25) is 0 Å². The predicted molar refractivity (Wildman–Crippen MR) is 86.3 cm³/mol. The average molecular weight is 426 g/mol. The summed E-state index contributed by atoms with van der Waals surface area (Å²) < 4.78 is 25.7. The van der Waals surface area contributed by atoms with Crippen LogP contribution in [0.15, 0.2) is 23.4 Å². The monoisotopic (exact) mass is 425 g/mol. The lowest BCUT2D eigenvalue weighted by Gasteiger charge is -2.14. The molecular weight excluding hydrogens is 413 g/mol. The third-order valence-electron chi connectivity index (χ3n) is 2.83. The number of aromatic nitrogens is 3. The van der Waals surface area contributed by atoms with E-state index in [1.165, 1.54) is 0 Å². The van der Waals surface area contributed by atoms with Gasteiger partial charge >= 0.3 is 0 Å². The van der Waals surface area contributed by atoms with Crippen LogP contribution in [0.4, 0.5) is 0 Å². The third-order valence-corrected chi connectivity index (χ3v) is 5.39. The maximum atomic E-state index is 11.6. The van der Waals surface area contributed by atoms with E-state index >= 15 is 0 Å². The minimum absolute atomic E-state index is 0.125. The molecule has 1 heterocycles. The first-order valence-corrected chi connectivity index (χ1v) is 9.27. The Hall–Kier alpha value is -0.670. The number of hydrogen-bond acceptors (Lipinski definition) is 4. The van der Waals surface area contributed by atoms with Crippen molar-refractivity contribution in [3.63, 3.8) is 0 Å². The first-order chi connectivity index (χ1) is 9.23. The van der Waals surface area contributed by atoms with Crippen molar-refractivity contribution in [3.05, 3.63) is 27.3 Å². The van der Waals surface area contributed by atoms with Crippen LogP contribution in [0, 0.1) is 10.5 Å². The van der Waals surface area contributed by atoms with Crippen LogP contribution in [0.3, 0.4) is 0 Å². The van der Waals surface area contributed by atoms with Crippen molar-refractivity contribution in [1.82, 2.24) is 14.8 Å². The highest BCUT2D eigenvalue weighted by atomic mass is 127. The van der Waals surface area contributed by atoms with Gasteiger partial charge in [-0.2, -0.15) is 0 Å². The Morgan fingerprint density at radius 1 is 1.30 bits per heavy atom. The molecule has 108 valence electrons. The molecule has 0 fully saturated rings. The summed E-state index contributed by atoms with van der Waals surface area (Å²) in [6, 6.07) is 5.66. The van der Waals surface area contributed by atoms with E-state index in [9.17, 15) is 8.42 Å². The van der Waals surface area contributed by atoms with Crippen LogP contribution in [0.2, 0.25) is 0 Å². The zero-order valence-corrected chi connectivity index (χ0v) is 14.9. The van der Waals surface area contributed by atoms with Gasteiger partial charge in [-0.1, -0.05) is 18.2 Å². The molecule has 1 aromatic carbocycles. The zero-order chi connectivity index (χ0) is 15.1. The van der Waals surface area contributed by atoms with Gasteiger partial charge in [-0.3, -0.25) is 4.57 Å². The molecule has 0 bridgehead atoms. The van der Waals surface area contributed by atoms with Gasteiger partial charge < -0.3 is 0 Å². The lowest BCUT2D eigenvalue weighted by molar-refractivity contribution is 0.530. The molecule has 2 rings (SSSR count). The summed E-state index contributed by atoms with van der Waals surface area (Å²) in [7, 11) is 1.50. The fourth-order valence-corrected chi connectivity index (χ4v) is 3.50. The summed E-state index contributed by atoms with van der Waals surface area (Å²) in [5.74, 6) is 0.507. The normalized spacial score (nSPS) is 12.1. The molecule has 0 aliphatic rings. The van der Waals surface area contributed by atoms with E-state index in [1.54, 1.807) is 4.57 Å². The number of nitrogens with zero attached hydrogens (tertiary/aromatic N) is 3. The van der Waals surface area contributed by atoms with E-state index in [4.69, 9.17) is 10.7 Å². The maximum Gasteiger partial charge on any atom is 0.296 e. The molecule has 20 heavy (non-hydrogen) atoms. The van der Waals surface area contributed by atoms with Gasteiger partial charge in [-0.25, -0.2) is 8.42 Å². The Morgan fingerprint density at radius 3 is 2.50 bits per heavy atom. The quantitative estimate of drug-likeness (QED) is 0.559. The largest absolute Gasteiger partial charge is 0.296 e.